The van der Waals surface area contributed by atoms with Gasteiger partial charge in [0.1, 0.15) is 11.5 Å². The van der Waals surface area contributed by atoms with Crippen molar-refractivity contribution in [3.63, 3.8) is 0 Å². The maximum Gasteiger partial charge on any atom is 0.150 e. The molecule has 0 aromatic heterocycles. The molecule has 24 heavy (non-hydrogen) atoms. The number of hydrogen-bond acceptors (Lipinski definition) is 1. The van der Waals surface area contributed by atoms with E-state index in [1.54, 1.807) is 0 Å². The van der Waals surface area contributed by atoms with Gasteiger partial charge in [0.2, 0.25) is 0 Å². The maximum atomic E-state index is 6.30. The summed E-state index contributed by atoms with van der Waals surface area (Å²) in [5.41, 5.74) is 0. The molecule has 0 unspecified atom stereocenters. The molecule has 0 saturated heterocycles. The van der Waals surface area contributed by atoms with E-state index in [0.29, 0.717) is 5.02 Å². The molecule has 4 aromatic rings. The lowest BCUT2D eigenvalue weighted by atomic mass is 10.0. The van der Waals surface area contributed by atoms with Gasteiger partial charge in [0.15, 0.2) is 0 Å². The highest BCUT2D eigenvalue weighted by molar-refractivity contribution is 14.1. The first-order valence-electron chi connectivity index (χ1n) is 7.37. The minimum absolute atomic E-state index is 0.659. The Bertz CT molecular complexity index is 1080. The van der Waals surface area contributed by atoms with Crippen LogP contribution >= 0.6 is 50.1 Å². The fourth-order valence-electron chi connectivity index (χ4n) is 2.83. The zero-order chi connectivity index (χ0) is 16.7. The average Bonchev–Trinajstić information content (AvgIpc) is 2.61. The molecule has 118 valence electrons. The standard InChI is InChI=1S/C20H11BrClIO/c21-19-15-7-3-1-5-13(15)14-6-2-4-8-16(14)20(19)24-18-11-12(22)9-10-17(18)23/h1-11H. The molecule has 0 spiro atoms. The van der Waals surface area contributed by atoms with Crippen LogP contribution in [0.3, 0.4) is 0 Å². The van der Waals surface area contributed by atoms with Crippen molar-refractivity contribution in [1.82, 2.24) is 0 Å². The molecular formula is C20H11BrClIO. The van der Waals surface area contributed by atoms with Crippen LogP contribution in [0.15, 0.2) is 71.2 Å². The molecule has 0 heterocycles. The van der Waals surface area contributed by atoms with Crippen molar-refractivity contribution in [2.24, 2.45) is 0 Å². The second-order valence-electron chi connectivity index (χ2n) is 5.41. The van der Waals surface area contributed by atoms with Crippen LogP contribution in [-0.2, 0) is 0 Å². The van der Waals surface area contributed by atoms with Gasteiger partial charge in [0.05, 0.1) is 8.04 Å². The second-order valence-corrected chi connectivity index (χ2v) is 7.80. The molecule has 0 aliphatic carbocycles. The summed E-state index contributed by atoms with van der Waals surface area (Å²) in [6.07, 6.45) is 0. The van der Waals surface area contributed by atoms with E-state index in [0.717, 1.165) is 30.3 Å². The van der Waals surface area contributed by atoms with E-state index in [1.807, 2.05) is 30.3 Å². The first-order chi connectivity index (χ1) is 11.6. The predicted molar refractivity (Wildman–Crippen MR) is 113 cm³/mol. The monoisotopic (exact) mass is 508 g/mol. The van der Waals surface area contributed by atoms with E-state index >= 15 is 0 Å². The van der Waals surface area contributed by atoms with Gasteiger partial charge in [0.25, 0.3) is 0 Å². The van der Waals surface area contributed by atoms with Crippen LogP contribution in [0.25, 0.3) is 21.5 Å². The Hall–Kier alpha value is -1.30. The van der Waals surface area contributed by atoms with Crippen molar-refractivity contribution in [2.75, 3.05) is 0 Å². The first-order valence-corrected chi connectivity index (χ1v) is 9.62. The van der Waals surface area contributed by atoms with Crippen LogP contribution in [0.1, 0.15) is 0 Å². The third-order valence-corrected chi connectivity index (χ3v) is 5.84. The van der Waals surface area contributed by atoms with Crippen molar-refractivity contribution in [3.05, 3.63) is 79.8 Å². The van der Waals surface area contributed by atoms with E-state index < -0.39 is 0 Å². The third kappa shape index (κ3) is 2.79. The summed E-state index contributed by atoms with van der Waals surface area (Å²) in [4.78, 5) is 0. The van der Waals surface area contributed by atoms with E-state index in [9.17, 15) is 0 Å². The van der Waals surface area contributed by atoms with E-state index in [-0.39, 0.29) is 0 Å². The number of rotatable bonds is 2. The highest BCUT2D eigenvalue weighted by Crippen LogP contribution is 2.44. The van der Waals surface area contributed by atoms with Crippen molar-refractivity contribution in [3.8, 4) is 11.5 Å². The topological polar surface area (TPSA) is 9.23 Å². The lowest BCUT2D eigenvalue weighted by molar-refractivity contribution is 0.483. The van der Waals surface area contributed by atoms with Crippen LogP contribution in [0.5, 0.6) is 11.5 Å². The van der Waals surface area contributed by atoms with Crippen molar-refractivity contribution in [2.45, 2.75) is 0 Å². The molecule has 1 nitrogen and oxygen atoms in total. The second kappa shape index (κ2) is 6.54. The van der Waals surface area contributed by atoms with Gasteiger partial charge in [-0.15, -0.1) is 0 Å². The van der Waals surface area contributed by atoms with Gasteiger partial charge < -0.3 is 4.74 Å². The Morgan fingerprint density at radius 3 is 2.08 bits per heavy atom. The Morgan fingerprint density at radius 1 is 0.792 bits per heavy atom. The number of halogens is 3. The van der Waals surface area contributed by atoms with E-state index in [2.05, 4.69) is 74.9 Å². The minimum Gasteiger partial charge on any atom is -0.454 e. The molecular weight excluding hydrogens is 498 g/mol. The lowest BCUT2D eigenvalue weighted by Gasteiger charge is -2.15. The van der Waals surface area contributed by atoms with Crippen molar-refractivity contribution >= 4 is 71.7 Å². The summed E-state index contributed by atoms with van der Waals surface area (Å²) in [7, 11) is 0. The predicted octanol–water partition coefficient (Wildman–Crippen LogP) is 7.81. The fraction of sp³-hybridized carbons (Fsp3) is 0. The number of ether oxygens (including phenoxy) is 1. The van der Waals surface area contributed by atoms with Crippen LogP contribution in [0.4, 0.5) is 0 Å². The zero-order valence-electron chi connectivity index (χ0n) is 12.4. The number of benzene rings is 4. The molecule has 0 N–H and O–H groups in total. The molecule has 0 amide bonds. The van der Waals surface area contributed by atoms with Crippen LogP contribution < -0.4 is 4.74 Å². The zero-order valence-corrected chi connectivity index (χ0v) is 16.9. The quantitative estimate of drug-likeness (QED) is 0.198. The summed E-state index contributed by atoms with van der Waals surface area (Å²) in [6.45, 7) is 0. The third-order valence-electron chi connectivity index (χ3n) is 3.93. The lowest BCUT2D eigenvalue weighted by Crippen LogP contribution is -1.92. The summed E-state index contributed by atoms with van der Waals surface area (Å²) in [5.74, 6) is 1.56. The Morgan fingerprint density at radius 2 is 1.38 bits per heavy atom. The first kappa shape index (κ1) is 16.2. The molecule has 4 aromatic carbocycles. The van der Waals surface area contributed by atoms with Gasteiger partial charge in [-0.2, -0.15) is 0 Å². The van der Waals surface area contributed by atoms with Crippen LogP contribution in [0.2, 0.25) is 5.02 Å². The van der Waals surface area contributed by atoms with Crippen molar-refractivity contribution < 1.29 is 4.74 Å². The maximum absolute atomic E-state index is 6.30. The van der Waals surface area contributed by atoms with E-state index in [1.165, 1.54) is 10.8 Å². The van der Waals surface area contributed by atoms with Gasteiger partial charge in [0, 0.05) is 21.9 Å². The Labute approximate surface area is 166 Å². The van der Waals surface area contributed by atoms with Gasteiger partial charge in [-0.1, -0.05) is 60.1 Å². The molecule has 0 atom stereocenters. The normalized spacial score (nSPS) is 11.1. The highest BCUT2D eigenvalue weighted by Gasteiger charge is 2.15. The molecule has 0 saturated carbocycles. The minimum atomic E-state index is 0.659. The van der Waals surface area contributed by atoms with Crippen LogP contribution in [-0.4, -0.2) is 0 Å². The molecule has 0 aliphatic rings. The summed E-state index contributed by atoms with van der Waals surface area (Å²) in [6, 6.07) is 22.3. The number of hydrogen-bond donors (Lipinski definition) is 0. The van der Waals surface area contributed by atoms with Gasteiger partial charge in [-0.05, 0) is 61.4 Å². The molecule has 0 aliphatic heterocycles. The van der Waals surface area contributed by atoms with E-state index in [4.69, 9.17) is 16.3 Å². The SMILES string of the molecule is Clc1ccc(I)c(Oc2c(Br)c3ccccc3c3ccccc23)c1. The molecule has 0 fully saturated rings. The smallest absolute Gasteiger partial charge is 0.150 e. The Balaban J connectivity index is 2.03. The fourth-order valence-corrected chi connectivity index (χ4v) is 4.08. The van der Waals surface area contributed by atoms with Gasteiger partial charge in [-0.25, -0.2) is 0 Å². The average molecular weight is 510 g/mol. The Kier molecular flexibility index (Phi) is 4.41. The summed E-state index contributed by atoms with van der Waals surface area (Å²) in [5, 5.41) is 5.23. The van der Waals surface area contributed by atoms with Crippen molar-refractivity contribution in [1.29, 1.82) is 0 Å². The molecule has 0 radical (unpaired) electrons. The van der Waals surface area contributed by atoms with Gasteiger partial charge in [-0.3, -0.25) is 0 Å². The molecule has 0 bridgehead atoms. The highest BCUT2D eigenvalue weighted by atomic mass is 127. The molecule has 4 heteroatoms. The summed E-state index contributed by atoms with van der Waals surface area (Å²) < 4.78 is 8.27. The van der Waals surface area contributed by atoms with Crippen LogP contribution in [0, 0.1) is 3.57 Å². The summed E-state index contributed by atoms with van der Waals surface area (Å²) >= 11 is 12.1. The van der Waals surface area contributed by atoms with Gasteiger partial charge >= 0.3 is 0 Å². The molecule has 4 rings (SSSR count). The largest absolute Gasteiger partial charge is 0.454 e. The number of fused-ring (bicyclic) bond motifs is 3.